The summed E-state index contributed by atoms with van der Waals surface area (Å²) in [5.74, 6) is -0.442. The molecule has 1 atom stereocenters. The van der Waals surface area contributed by atoms with Crippen molar-refractivity contribution in [3.63, 3.8) is 0 Å². The van der Waals surface area contributed by atoms with Gasteiger partial charge in [-0.15, -0.1) is 0 Å². The minimum Gasteiger partial charge on any atom is -0.382 e. The standard InChI is InChI=1S/C11H10BrFN2O/c1-15-9(5-6-14-15)11(16)10-7(12)3-2-4-8(10)13/h2-6,11,16H,1H3. The number of benzene rings is 1. The Morgan fingerprint density at radius 3 is 2.75 bits per heavy atom. The first-order valence-electron chi connectivity index (χ1n) is 4.71. The third-order valence-corrected chi connectivity index (χ3v) is 3.10. The molecule has 1 N–H and O–H groups in total. The molecule has 0 bridgehead atoms. The van der Waals surface area contributed by atoms with Crippen molar-refractivity contribution >= 4 is 15.9 Å². The first kappa shape index (κ1) is 11.3. The van der Waals surface area contributed by atoms with Crippen LogP contribution in [0.2, 0.25) is 0 Å². The number of hydrogen-bond acceptors (Lipinski definition) is 2. The Labute approximate surface area is 101 Å². The van der Waals surface area contributed by atoms with Crippen LogP contribution in [0.15, 0.2) is 34.9 Å². The molecule has 0 fully saturated rings. The largest absolute Gasteiger partial charge is 0.382 e. The second-order valence-corrected chi connectivity index (χ2v) is 4.27. The molecule has 0 aliphatic rings. The van der Waals surface area contributed by atoms with Gasteiger partial charge in [0.2, 0.25) is 0 Å². The number of hydrogen-bond donors (Lipinski definition) is 1. The fraction of sp³-hybridized carbons (Fsp3) is 0.182. The lowest BCUT2D eigenvalue weighted by atomic mass is 10.1. The van der Waals surface area contributed by atoms with E-state index in [0.717, 1.165) is 0 Å². The molecule has 1 unspecified atom stereocenters. The molecule has 0 aliphatic heterocycles. The van der Waals surface area contributed by atoms with Gasteiger partial charge in [-0.3, -0.25) is 4.68 Å². The molecule has 1 heterocycles. The smallest absolute Gasteiger partial charge is 0.130 e. The highest BCUT2D eigenvalue weighted by atomic mass is 79.9. The minimum absolute atomic E-state index is 0.228. The SMILES string of the molecule is Cn1nccc1C(O)c1c(F)cccc1Br. The van der Waals surface area contributed by atoms with Crippen molar-refractivity contribution < 1.29 is 9.50 Å². The van der Waals surface area contributed by atoms with E-state index in [1.54, 1.807) is 31.4 Å². The molecule has 3 nitrogen and oxygen atoms in total. The van der Waals surface area contributed by atoms with Gasteiger partial charge in [0.1, 0.15) is 11.9 Å². The van der Waals surface area contributed by atoms with Gasteiger partial charge < -0.3 is 5.11 Å². The van der Waals surface area contributed by atoms with E-state index in [1.807, 2.05) is 0 Å². The van der Waals surface area contributed by atoms with Crippen LogP contribution in [0.1, 0.15) is 17.4 Å². The van der Waals surface area contributed by atoms with Crippen LogP contribution in [-0.2, 0) is 7.05 Å². The van der Waals surface area contributed by atoms with Crippen LogP contribution in [0, 0.1) is 5.82 Å². The maximum atomic E-state index is 13.6. The predicted octanol–water partition coefficient (Wildman–Crippen LogP) is 2.40. The molecule has 0 amide bonds. The Bertz CT molecular complexity index is 492. The summed E-state index contributed by atoms with van der Waals surface area (Å²) < 4.78 is 15.7. The monoisotopic (exact) mass is 284 g/mol. The van der Waals surface area contributed by atoms with E-state index in [9.17, 15) is 9.50 Å². The second kappa shape index (κ2) is 4.35. The van der Waals surface area contributed by atoms with Crippen molar-refractivity contribution in [3.8, 4) is 0 Å². The normalized spacial score (nSPS) is 12.8. The highest BCUT2D eigenvalue weighted by molar-refractivity contribution is 9.10. The molecule has 84 valence electrons. The third kappa shape index (κ3) is 1.88. The zero-order valence-corrected chi connectivity index (χ0v) is 10.1. The molecular formula is C11H10BrFN2O. The van der Waals surface area contributed by atoms with E-state index in [2.05, 4.69) is 21.0 Å². The van der Waals surface area contributed by atoms with Crippen molar-refractivity contribution in [2.24, 2.45) is 7.05 Å². The topological polar surface area (TPSA) is 38.0 Å². The Hall–Kier alpha value is -1.20. The van der Waals surface area contributed by atoms with Gasteiger partial charge in [-0.25, -0.2) is 4.39 Å². The highest BCUT2D eigenvalue weighted by Crippen LogP contribution is 2.30. The number of halogens is 2. The Balaban J connectivity index is 2.49. The van der Waals surface area contributed by atoms with Gasteiger partial charge in [-0.1, -0.05) is 22.0 Å². The summed E-state index contributed by atoms with van der Waals surface area (Å²) >= 11 is 3.23. The maximum Gasteiger partial charge on any atom is 0.130 e. The molecular weight excluding hydrogens is 275 g/mol. The molecule has 5 heteroatoms. The van der Waals surface area contributed by atoms with Crippen molar-refractivity contribution in [1.82, 2.24) is 9.78 Å². The summed E-state index contributed by atoms with van der Waals surface area (Å²) in [6, 6.07) is 6.25. The van der Waals surface area contributed by atoms with Crippen molar-refractivity contribution in [3.05, 3.63) is 52.0 Å². The van der Waals surface area contributed by atoms with E-state index < -0.39 is 11.9 Å². The number of aryl methyl sites for hydroxylation is 1. The summed E-state index contributed by atoms with van der Waals surface area (Å²) in [7, 11) is 1.70. The molecule has 2 aromatic rings. The highest BCUT2D eigenvalue weighted by Gasteiger charge is 2.20. The average molecular weight is 285 g/mol. The maximum absolute atomic E-state index is 13.6. The first-order chi connectivity index (χ1) is 7.61. The molecule has 0 saturated heterocycles. The Kier molecular flexibility index (Phi) is 3.07. The van der Waals surface area contributed by atoms with Crippen LogP contribution in [-0.4, -0.2) is 14.9 Å². The van der Waals surface area contributed by atoms with Crippen LogP contribution in [0.25, 0.3) is 0 Å². The molecule has 0 radical (unpaired) electrons. The van der Waals surface area contributed by atoms with Crippen molar-refractivity contribution in [2.75, 3.05) is 0 Å². The van der Waals surface area contributed by atoms with Crippen LogP contribution < -0.4 is 0 Å². The van der Waals surface area contributed by atoms with Crippen molar-refractivity contribution in [2.45, 2.75) is 6.10 Å². The lowest BCUT2D eigenvalue weighted by Crippen LogP contribution is -2.09. The van der Waals surface area contributed by atoms with Crippen LogP contribution in [0.4, 0.5) is 4.39 Å². The Morgan fingerprint density at radius 1 is 1.44 bits per heavy atom. The fourth-order valence-electron chi connectivity index (χ4n) is 1.57. The number of nitrogens with zero attached hydrogens (tertiary/aromatic N) is 2. The van der Waals surface area contributed by atoms with E-state index in [1.165, 1.54) is 10.7 Å². The molecule has 1 aromatic carbocycles. The molecule has 0 saturated carbocycles. The third-order valence-electron chi connectivity index (χ3n) is 2.41. The van der Waals surface area contributed by atoms with Gasteiger partial charge in [-0.05, 0) is 18.2 Å². The quantitative estimate of drug-likeness (QED) is 0.920. The van der Waals surface area contributed by atoms with E-state index in [-0.39, 0.29) is 5.56 Å². The average Bonchev–Trinajstić information content (AvgIpc) is 2.64. The van der Waals surface area contributed by atoms with Crippen molar-refractivity contribution in [1.29, 1.82) is 0 Å². The molecule has 16 heavy (non-hydrogen) atoms. The summed E-state index contributed by atoms with van der Waals surface area (Å²) in [6.45, 7) is 0. The summed E-state index contributed by atoms with van der Waals surface area (Å²) in [5.41, 5.74) is 0.775. The van der Waals surface area contributed by atoms with E-state index >= 15 is 0 Å². The molecule has 0 aliphatic carbocycles. The molecule has 0 spiro atoms. The van der Waals surface area contributed by atoms with Gasteiger partial charge >= 0.3 is 0 Å². The molecule has 1 aromatic heterocycles. The molecule has 2 rings (SSSR count). The Morgan fingerprint density at radius 2 is 2.19 bits per heavy atom. The van der Waals surface area contributed by atoms with E-state index in [4.69, 9.17) is 0 Å². The summed E-state index contributed by atoms with van der Waals surface area (Å²) in [6.07, 6.45) is 0.538. The van der Waals surface area contributed by atoms with Gasteiger partial charge in [0.25, 0.3) is 0 Å². The van der Waals surface area contributed by atoms with Crippen LogP contribution in [0.3, 0.4) is 0 Å². The lowest BCUT2D eigenvalue weighted by Gasteiger charge is -2.13. The fourth-order valence-corrected chi connectivity index (χ4v) is 2.13. The van der Waals surface area contributed by atoms with E-state index in [0.29, 0.717) is 10.2 Å². The first-order valence-corrected chi connectivity index (χ1v) is 5.50. The summed E-state index contributed by atoms with van der Waals surface area (Å²) in [4.78, 5) is 0. The second-order valence-electron chi connectivity index (χ2n) is 3.42. The van der Waals surface area contributed by atoms with Crippen LogP contribution >= 0.6 is 15.9 Å². The van der Waals surface area contributed by atoms with Gasteiger partial charge in [-0.2, -0.15) is 5.10 Å². The zero-order chi connectivity index (χ0) is 11.7. The predicted molar refractivity (Wildman–Crippen MR) is 61.4 cm³/mol. The minimum atomic E-state index is -1.02. The number of aliphatic hydroxyl groups is 1. The van der Waals surface area contributed by atoms with Crippen LogP contribution in [0.5, 0.6) is 0 Å². The van der Waals surface area contributed by atoms with Gasteiger partial charge in [0.05, 0.1) is 5.69 Å². The number of rotatable bonds is 2. The number of aliphatic hydroxyl groups excluding tert-OH is 1. The number of aromatic nitrogens is 2. The van der Waals surface area contributed by atoms with Gasteiger partial charge in [0, 0.05) is 23.3 Å². The zero-order valence-electron chi connectivity index (χ0n) is 8.56. The lowest BCUT2D eigenvalue weighted by molar-refractivity contribution is 0.204. The summed E-state index contributed by atoms with van der Waals surface area (Å²) in [5, 5.41) is 14.0. The van der Waals surface area contributed by atoms with Gasteiger partial charge in [0.15, 0.2) is 0 Å².